The van der Waals surface area contributed by atoms with Gasteiger partial charge in [-0.05, 0) is 48.6 Å². The Morgan fingerprint density at radius 1 is 0.556 bits per heavy atom. The molecule has 1 aromatic carbocycles. The average Bonchev–Trinajstić information content (AvgIpc) is 2.49. The quantitative estimate of drug-likeness (QED) is 0.616. The van der Waals surface area contributed by atoms with Crippen LogP contribution in [0.5, 0.6) is 0 Å². The maximum atomic E-state index is 2.43. The molecule has 18 heavy (non-hydrogen) atoms. The highest BCUT2D eigenvalue weighted by molar-refractivity contribution is 5.34. The van der Waals surface area contributed by atoms with Gasteiger partial charge in [0.2, 0.25) is 0 Å². The van der Waals surface area contributed by atoms with Gasteiger partial charge in [-0.3, -0.25) is 0 Å². The van der Waals surface area contributed by atoms with Crippen LogP contribution < -0.4 is 0 Å². The molecule has 0 aromatic heterocycles. The highest BCUT2D eigenvalue weighted by Crippen LogP contribution is 2.40. The molecule has 2 aliphatic rings. The van der Waals surface area contributed by atoms with Gasteiger partial charge in [0.25, 0.3) is 0 Å². The monoisotopic (exact) mass is 242 g/mol. The molecule has 0 heterocycles. The molecule has 1 aromatic rings. The smallest absolute Gasteiger partial charge is 0.0159 e. The van der Waals surface area contributed by atoms with Gasteiger partial charge in [0.05, 0.1) is 0 Å². The Balaban J connectivity index is 1.83. The van der Waals surface area contributed by atoms with Gasteiger partial charge in [-0.25, -0.2) is 0 Å². The van der Waals surface area contributed by atoms with Crippen LogP contribution in [0.1, 0.15) is 87.2 Å². The molecule has 0 atom stereocenters. The summed E-state index contributed by atoms with van der Waals surface area (Å²) in [5.74, 6) is 1.74. The molecule has 0 bridgehead atoms. The first-order valence-electron chi connectivity index (χ1n) is 8.04. The fraction of sp³-hybridized carbons (Fsp3) is 0.667. The first-order valence-corrected chi connectivity index (χ1v) is 8.04. The van der Waals surface area contributed by atoms with Crippen molar-refractivity contribution in [3.05, 3.63) is 35.4 Å². The van der Waals surface area contributed by atoms with Crippen molar-refractivity contribution in [2.45, 2.75) is 76.0 Å². The summed E-state index contributed by atoms with van der Waals surface area (Å²) in [6.07, 6.45) is 14.5. The largest absolute Gasteiger partial charge is 0.0620 e. The third-order valence-electron chi connectivity index (χ3n) is 5.09. The van der Waals surface area contributed by atoms with Gasteiger partial charge in [-0.15, -0.1) is 0 Å². The minimum atomic E-state index is 0.872. The van der Waals surface area contributed by atoms with E-state index < -0.39 is 0 Å². The van der Waals surface area contributed by atoms with Crippen molar-refractivity contribution in [2.24, 2.45) is 0 Å². The van der Waals surface area contributed by atoms with E-state index in [-0.39, 0.29) is 0 Å². The van der Waals surface area contributed by atoms with Crippen LogP contribution in [-0.2, 0) is 0 Å². The summed E-state index contributed by atoms with van der Waals surface area (Å²) in [6.45, 7) is 0. The summed E-state index contributed by atoms with van der Waals surface area (Å²) in [5, 5.41) is 0. The molecule has 0 aliphatic heterocycles. The van der Waals surface area contributed by atoms with E-state index in [1.54, 1.807) is 11.1 Å². The van der Waals surface area contributed by atoms with Crippen LogP contribution in [0.4, 0.5) is 0 Å². The average molecular weight is 242 g/mol. The minimum Gasteiger partial charge on any atom is -0.0620 e. The summed E-state index contributed by atoms with van der Waals surface area (Å²) in [4.78, 5) is 0. The topological polar surface area (TPSA) is 0 Å². The predicted molar refractivity (Wildman–Crippen MR) is 78.1 cm³/mol. The number of benzene rings is 1. The molecule has 3 rings (SSSR count). The molecule has 0 nitrogen and oxygen atoms in total. The van der Waals surface area contributed by atoms with Crippen molar-refractivity contribution in [1.29, 1.82) is 0 Å². The lowest BCUT2D eigenvalue weighted by molar-refractivity contribution is 0.419. The molecule has 0 saturated heterocycles. The van der Waals surface area contributed by atoms with E-state index in [9.17, 15) is 0 Å². The normalized spacial score (nSPS) is 23.1. The molecule has 0 radical (unpaired) electrons. The highest BCUT2D eigenvalue weighted by Gasteiger charge is 2.23. The fourth-order valence-electron chi connectivity index (χ4n) is 4.08. The Hall–Kier alpha value is -0.780. The standard InChI is InChI=1S/C18H26/c1-3-9-15(10-4-1)17-13-7-8-14-18(17)16-11-5-2-6-12-16/h7-8,13-16H,1-6,9-12H2. The molecule has 98 valence electrons. The molecule has 0 N–H and O–H groups in total. The van der Waals surface area contributed by atoms with E-state index in [1.165, 1.54) is 64.2 Å². The van der Waals surface area contributed by atoms with Crippen LogP contribution in [0, 0.1) is 0 Å². The summed E-state index contributed by atoms with van der Waals surface area (Å²) in [7, 11) is 0. The molecule has 0 heteroatoms. The van der Waals surface area contributed by atoms with Gasteiger partial charge in [0.1, 0.15) is 0 Å². The van der Waals surface area contributed by atoms with Gasteiger partial charge in [0.15, 0.2) is 0 Å². The molecular weight excluding hydrogens is 216 g/mol. The molecule has 0 amide bonds. The molecule has 2 saturated carbocycles. The second-order valence-corrected chi connectivity index (χ2v) is 6.30. The third-order valence-corrected chi connectivity index (χ3v) is 5.09. The van der Waals surface area contributed by atoms with Crippen LogP contribution in [-0.4, -0.2) is 0 Å². The minimum absolute atomic E-state index is 0.872. The SMILES string of the molecule is c1ccc(C2CCCCC2)c(C2CCCCC2)c1. The zero-order valence-corrected chi connectivity index (χ0v) is 11.5. The summed E-state index contributed by atoms with van der Waals surface area (Å²) in [5.41, 5.74) is 3.42. The number of rotatable bonds is 2. The Bertz CT molecular complexity index is 330. The van der Waals surface area contributed by atoms with Crippen LogP contribution in [0.2, 0.25) is 0 Å². The lowest BCUT2D eigenvalue weighted by atomic mass is 9.76. The Labute approximate surface area is 112 Å². The molecule has 2 fully saturated rings. The second-order valence-electron chi connectivity index (χ2n) is 6.30. The lowest BCUT2D eigenvalue weighted by Gasteiger charge is -2.29. The van der Waals surface area contributed by atoms with Crippen LogP contribution >= 0.6 is 0 Å². The zero-order chi connectivity index (χ0) is 12.2. The molecular formula is C18H26. The van der Waals surface area contributed by atoms with Crippen LogP contribution in [0.3, 0.4) is 0 Å². The van der Waals surface area contributed by atoms with Crippen molar-refractivity contribution in [2.75, 3.05) is 0 Å². The van der Waals surface area contributed by atoms with Crippen molar-refractivity contribution < 1.29 is 0 Å². The van der Waals surface area contributed by atoms with Gasteiger partial charge >= 0.3 is 0 Å². The van der Waals surface area contributed by atoms with E-state index >= 15 is 0 Å². The van der Waals surface area contributed by atoms with E-state index in [4.69, 9.17) is 0 Å². The maximum absolute atomic E-state index is 2.43. The molecule has 2 aliphatic carbocycles. The van der Waals surface area contributed by atoms with Crippen LogP contribution in [0.15, 0.2) is 24.3 Å². The Morgan fingerprint density at radius 3 is 1.33 bits per heavy atom. The number of hydrogen-bond acceptors (Lipinski definition) is 0. The van der Waals surface area contributed by atoms with E-state index in [0.29, 0.717) is 0 Å². The first-order chi connectivity index (χ1) is 8.95. The first kappa shape index (κ1) is 12.3. The van der Waals surface area contributed by atoms with Crippen molar-refractivity contribution in [3.8, 4) is 0 Å². The molecule has 0 spiro atoms. The van der Waals surface area contributed by atoms with Gasteiger partial charge in [0, 0.05) is 0 Å². The van der Waals surface area contributed by atoms with Crippen molar-refractivity contribution >= 4 is 0 Å². The van der Waals surface area contributed by atoms with Gasteiger partial charge < -0.3 is 0 Å². The Kier molecular flexibility index (Phi) is 4.02. The van der Waals surface area contributed by atoms with Crippen molar-refractivity contribution in [1.82, 2.24) is 0 Å². The summed E-state index contributed by atoms with van der Waals surface area (Å²) >= 11 is 0. The maximum Gasteiger partial charge on any atom is -0.0159 e. The summed E-state index contributed by atoms with van der Waals surface area (Å²) < 4.78 is 0. The van der Waals surface area contributed by atoms with E-state index in [2.05, 4.69) is 24.3 Å². The zero-order valence-electron chi connectivity index (χ0n) is 11.5. The predicted octanol–water partition coefficient (Wildman–Crippen LogP) is 5.78. The highest BCUT2D eigenvalue weighted by atomic mass is 14.3. The number of hydrogen-bond donors (Lipinski definition) is 0. The third kappa shape index (κ3) is 2.63. The second kappa shape index (κ2) is 5.91. The lowest BCUT2D eigenvalue weighted by Crippen LogP contribution is -2.12. The van der Waals surface area contributed by atoms with Crippen LogP contribution in [0.25, 0.3) is 0 Å². The van der Waals surface area contributed by atoms with E-state index in [1.807, 2.05) is 0 Å². The van der Waals surface area contributed by atoms with Gasteiger partial charge in [-0.2, -0.15) is 0 Å². The Morgan fingerprint density at radius 2 is 0.944 bits per heavy atom. The fourth-order valence-corrected chi connectivity index (χ4v) is 4.08. The van der Waals surface area contributed by atoms with Gasteiger partial charge in [-0.1, -0.05) is 62.8 Å². The molecule has 0 unspecified atom stereocenters. The summed E-state index contributed by atoms with van der Waals surface area (Å²) in [6, 6.07) is 9.38. The van der Waals surface area contributed by atoms with E-state index in [0.717, 1.165) is 11.8 Å². The van der Waals surface area contributed by atoms with Crippen molar-refractivity contribution in [3.63, 3.8) is 0 Å².